The zero-order chi connectivity index (χ0) is 62.4. The van der Waals surface area contributed by atoms with Crippen LogP contribution in [-0.2, 0) is 102 Å². The fourth-order valence-electron chi connectivity index (χ4n) is 7.70. The summed E-state index contributed by atoms with van der Waals surface area (Å²) in [5.74, 6) is -16.7. The van der Waals surface area contributed by atoms with E-state index in [0.717, 1.165) is 13.8 Å². The van der Waals surface area contributed by atoms with Gasteiger partial charge in [-0.1, -0.05) is 62.4 Å². The molecule has 82 heavy (non-hydrogen) atoms. The summed E-state index contributed by atoms with van der Waals surface area (Å²) >= 11 is 0. The van der Waals surface area contributed by atoms with Gasteiger partial charge < -0.3 is 68.7 Å². The maximum absolute atomic E-state index is 14.5. The molecule has 31 nitrogen and oxygen atoms in total. The van der Waals surface area contributed by atoms with Gasteiger partial charge in [0.05, 0.1) is 12.5 Å². The van der Waals surface area contributed by atoms with Gasteiger partial charge in [-0.3, -0.25) is 66.6 Å². The maximum Gasteiger partial charge on any atom is 0.305 e. The molecule has 9 amide bonds. The molecule has 0 spiro atoms. The van der Waals surface area contributed by atoms with E-state index >= 15 is 0 Å². The molecule has 16 N–H and O–H groups in total. The molecule has 2 aromatic rings. The van der Waals surface area contributed by atoms with Crippen LogP contribution in [0.3, 0.4) is 0 Å². The molecule has 0 saturated heterocycles. The Morgan fingerprint density at radius 2 is 0.805 bits per heavy atom. The van der Waals surface area contributed by atoms with Gasteiger partial charge in [0.25, 0.3) is 20.2 Å². The number of amides is 9. The number of aliphatic hydroxyl groups excluding tert-OH is 1. The van der Waals surface area contributed by atoms with Gasteiger partial charge in [0.1, 0.15) is 59.8 Å². The SMILES string of the molecule is CC(=O)N[C@@H](C)C(=O)N[C@H](C(=O)N[C@@H](CCC(=O)O)C(=O)N[C@@H](Cc1ccc(CS(=O)(=O)O)cc1)C(=O)N[C@@H](CCC(=O)O)C(=O)N[C@@H](Cc1ccc(CS(=O)(=O)O)cc1)C(=O)N[C@@H](CC(C)C)C(=O)N[C@@H](CC(=O)O)C(N)=O)[C@@H](C)O. The van der Waals surface area contributed by atoms with E-state index in [1.807, 2.05) is 0 Å². The van der Waals surface area contributed by atoms with Crippen LogP contribution in [0.5, 0.6) is 0 Å². The number of carboxylic acid groups (broad SMARTS) is 3. The number of primary amides is 1. The molecule has 0 aromatic heterocycles. The average molecular weight is 1200 g/mol. The van der Waals surface area contributed by atoms with Crippen molar-refractivity contribution in [3.8, 4) is 0 Å². The summed E-state index contributed by atoms with van der Waals surface area (Å²) in [6, 6.07) is -3.71. The van der Waals surface area contributed by atoms with E-state index in [-0.39, 0.29) is 34.6 Å². The van der Waals surface area contributed by atoms with E-state index in [1.54, 1.807) is 13.8 Å². The Morgan fingerprint density at radius 1 is 0.463 bits per heavy atom. The Kier molecular flexibility index (Phi) is 27.6. The molecular formula is C49H69N9O22S2. The van der Waals surface area contributed by atoms with Gasteiger partial charge in [-0.15, -0.1) is 0 Å². The summed E-state index contributed by atoms with van der Waals surface area (Å²) < 4.78 is 65.0. The van der Waals surface area contributed by atoms with Gasteiger partial charge in [-0.2, -0.15) is 16.8 Å². The summed E-state index contributed by atoms with van der Waals surface area (Å²) in [5.41, 5.74) is 5.79. The second kappa shape index (κ2) is 32.3. The lowest BCUT2D eigenvalue weighted by Crippen LogP contribution is -2.61. The minimum absolute atomic E-state index is 0.0567. The van der Waals surface area contributed by atoms with Crippen molar-refractivity contribution in [2.75, 3.05) is 0 Å². The lowest BCUT2D eigenvalue weighted by molar-refractivity contribution is -0.140. The molecule has 0 radical (unpaired) electrons. The molecule has 0 aliphatic carbocycles. The predicted octanol–water partition coefficient (Wildman–Crippen LogP) is -3.72. The number of hydrogen-bond acceptors (Lipinski definition) is 17. The van der Waals surface area contributed by atoms with Crippen molar-refractivity contribution in [2.24, 2.45) is 11.7 Å². The van der Waals surface area contributed by atoms with Crippen LogP contribution in [0.1, 0.15) is 95.4 Å². The Labute approximate surface area is 470 Å². The Balaban J connectivity index is 2.74. The van der Waals surface area contributed by atoms with Crippen molar-refractivity contribution < 1.29 is 104 Å². The number of aliphatic carboxylic acids is 3. The third kappa shape index (κ3) is 26.9. The number of carbonyl (C=O) groups excluding carboxylic acids is 9. The van der Waals surface area contributed by atoms with Crippen LogP contribution in [-0.4, -0.2) is 172 Å². The second-order valence-corrected chi connectivity index (χ2v) is 22.4. The standard InChI is InChI=1S/C49H69N9O22S2/c1-24(2)18-35(46(71)54-34(42(50)67)21-40(65)66)55-48(73)37(20-29-8-12-31(13-9-29)23-82(78,79)80)57-44(69)32(14-16-38(61)62)52-47(72)36(19-28-6-10-30(11-7-28)22-81(75,76)77)56-45(70)33(15-17-39(63)64)53-49(74)41(26(4)59)58-43(68)25(3)51-27(5)60/h6-13,24-26,32-37,41,59H,14-23H2,1-5H3,(H2,50,67)(H,51,60)(H,52,72)(H,53,74)(H,54,71)(H,55,73)(H,56,70)(H,57,69)(H,58,68)(H,61,62)(H,63,64)(H,65,66)(H,75,76,77)(H,78,79,80)/t25-,26+,32-,33-,34-,35-,36-,37-,41-/m0/s1. The van der Waals surface area contributed by atoms with Crippen molar-refractivity contribution >= 4 is 91.3 Å². The van der Waals surface area contributed by atoms with Gasteiger partial charge >= 0.3 is 17.9 Å². The van der Waals surface area contributed by atoms with Gasteiger partial charge in [0.2, 0.25) is 53.2 Å². The van der Waals surface area contributed by atoms with Crippen LogP contribution in [0.4, 0.5) is 0 Å². The molecule has 0 unspecified atom stereocenters. The molecular weight excluding hydrogens is 1130 g/mol. The minimum Gasteiger partial charge on any atom is -0.481 e. The lowest BCUT2D eigenvalue weighted by Gasteiger charge is -2.28. The first-order valence-corrected chi connectivity index (χ1v) is 28.2. The number of nitrogens with two attached hydrogens (primary N) is 1. The van der Waals surface area contributed by atoms with E-state index < -0.39 is 202 Å². The topological polar surface area (TPSA) is 517 Å². The quantitative estimate of drug-likeness (QED) is 0.0295. The van der Waals surface area contributed by atoms with Crippen LogP contribution < -0.4 is 48.3 Å². The smallest absolute Gasteiger partial charge is 0.305 e. The summed E-state index contributed by atoms with van der Waals surface area (Å²) in [4.78, 5) is 156. The zero-order valence-corrected chi connectivity index (χ0v) is 46.7. The van der Waals surface area contributed by atoms with Crippen LogP contribution >= 0.6 is 0 Å². The summed E-state index contributed by atoms with van der Waals surface area (Å²) in [5, 5.41) is 57.4. The van der Waals surface area contributed by atoms with E-state index in [1.165, 1.54) is 55.5 Å². The molecule has 2 rings (SSSR count). The fraction of sp³-hybridized carbons (Fsp3) is 0.510. The van der Waals surface area contributed by atoms with Crippen LogP contribution in [0.25, 0.3) is 0 Å². The first kappa shape index (κ1) is 70.0. The molecule has 2 aromatic carbocycles. The Morgan fingerprint density at radius 3 is 1.15 bits per heavy atom. The highest BCUT2D eigenvalue weighted by molar-refractivity contribution is 7.85. The third-order valence-electron chi connectivity index (χ3n) is 11.7. The largest absolute Gasteiger partial charge is 0.481 e. The van der Waals surface area contributed by atoms with E-state index in [9.17, 15) is 104 Å². The van der Waals surface area contributed by atoms with Gasteiger partial charge in [-0.25, -0.2) is 0 Å². The van der Waals surface area contributed by atoms with Crippen molar-refractivity contribution in [3.05, 3.63) is 70.8 Å². The molecule has 0 bridgehead atoms. The molecule has 0 fully saturated rings. The van der Waals surface area contributed by atoms with Crippen molar-refractivity contribution in [2.45, 2.75) is 152 Å². The minimum atomic E-state index is -4.54. The van der Waals surface area contributed by atoms with Gasteiger partial charge in [-0.05, 0) is 61.3 Å². The first-order chi connectivity index (χ1) is 37.9. The number of benzene rings is 2. The van der Waals surface area contributed by atoms with Crippen LogP contribution in [0, 0.1) is 5.92 Å². The van der Waals surface area contributed by atoms with Crippen molar-refractivity contribution in [1.82, 2.24) is 42.5 Å². The third-order valence-corrected chi connectivity index (χ3v) is 13.1. The summed E-state index contributed by atoms with van der Waals surface area (Å²) in [6.07, 6.45) is -6.93. The van der Waals surface area contributed by atoms with E-state index in [2.05, 4.69) is 42.5 Å². The van der Waals surface area contributed by atoms with Gasteiger partial charge in [0.15, 0.2) is 0 Å². The fourth-order valence-corrected chi connectivity index (χ4v) is 8.93. The zero-order valence-electron chi connectivity index (χ0n) is 45.1. The average Bonchev–Trinajstić information content (AvgIpc) is 3.37. The monoisotopic (exact) mass is 1200 g/mol. The maximum atomic E-state index is 14.5. The highest BCUT2D eigenvalue weighted by Gasteiger charge is 2.36. The molecule has 0 heterocycles. The number of rotatable bonds is 35. The Hall–Kier alpha value is -8.14. The van der Waals surface area contributed by atoms with Crippen molar-refractivity contribution in [3.63, 3.8) is 0 Å². The van der Waals surface area contributed by atoms with Crippen LogP contribution in [0.15, 0.2) is 48.5 Å². The normalized spacial score (nSPS) is 14.7. The lowest BCUT2D eigenvalue weighted by atomic mass is 9.99. The number of carboxylic acids is 3. The predicted molar refractivity (Wildman–Crippen MR) is 284 cm³/mol. The molecule has 33 heteroatoms. The van der Waals surface area contributed by atoms with E-state index in [0.29, 0.717) is 0 Å². The molecule has 454 valence electrons. The molecule has 0 aliphatic heterocycles. The van der Waals surface area contributed by atoms with Gasteiger partial charge in [0, 0.05) is 32.6 Å². The number of nitrogens with one attached hydrogen (secondary N) is 8. The number of aliphatic hydroxyl groups is 1. The first-order valence-electron chi connectivity index (χ1n) is 25.0. The number of hydrogen-bond donors (Lipinski definition) is 15. The molecule has 0 saturated carbocycles. The van der Waals surface area contributed by atoms with Crippen LogP contribution in [0.2, 0.25) is 0 Å². The van der Waals surface area contributed by atoms with Crippen molar-refractivity contribution in [1.29, 1.82) is 0 Å². The molecule has 0 aliphatic rings. The summed E-state index contributed by atoms with van der Waals surface area (Å²) in [7, 11) is -9.05. The highest BCUT2D eigenvalue weighted by Crippen LogP contribution is 2.15. The highest BCUT2D eigenvalue weighted by atomic mass is 32.2. The second-order valence-electron chi connectivity index (χ2n) is 19.5. The van der Waals surface area contributed by atoms with E-state index in [4.69, 9.17) is 5.73 Å². The molecule has 9 atom stereocenters. The summed E-state index contributed by atoms with van der Waals surface area (Å²) in [6.45, 7) is 6.70. The Bertz CT molecular complexity index is 2890. The number of carbonyl (C=O) groups is 12.